The highest BCUT2D eigenvalue weighted by Gasteiger charge is 2.23. The second-order valence-electron chi connectivity index (χ2n) is 7.06. The van der Waals surface area contributed by atoms with Crippen molar-refractivity contribution in [3.05, 3.63) is 72.8 Å². The van der Waals surface area contributed by atoms with Crippen molar-refractivity contribution < 1.29 is 5.11 Å². The van der Waals surface area contributed by atoms with E-state index in [1.54, 1.807) is 0 Å². The van der Waals surface area contributed by atoms with Crippen molar-refractivity contribution in [2.75, 3.05) is 12.3 Å². The van der Waals surface area contributed by atoms with Gasteiger partial charge < -0.3 is 5.11 Å². The Bertz CT molecular complexity index is 1110. The summed E-state index contributed by atoms with van der Waals surface area (Å²) in [6.07, 6.45) is 5.29. The first-order chi connectivity index (χ1) is 12.8. The predicted molar refractivity (Wildman–Crippen MR) is 114 cm³/mol. The number of phenolic OH excluding ortho intramolecular Hbond substituents is 1. The summed E-state index contributed by atoms with van der Waals surface area (Å²) in [6, 6.07) is 25.4. The Balaban J connectivity index is 1.92. The third-order valence-corrected chi connectivity index (χ3v) is 8.28. The molecule has 1 N–H and O–H groups in total. The van der Waals surface area contributed by atoms with Gasteiger partial charge in [-0.3, -0.25) is 0 Å². The summed E-state index contributed by atoms with van der Waals surface area (Å²) in [4.78, 5) is 0. The van der Waals surface area contributed by atoms with Crippen molar-refractivity contribution in [3.8, 4) is 16.9 Å². The van der Waals surface area contributed by atoms with Crippen LogP contribution < -0.4 is 5.30 Å². The molecule has 0 aliphatic carbocycles. The lowest BCUT2D eigenvalue weighted by Crippen LogP contribution is -2.07. The van der Waals surface area contributed by atoms with E-state index in [1.165, 1.54) is 52.2 Å². The van der Waals surface area contributed by atoms with Gasteiger partial charge >= 0.3 is 0 Å². The van der Waals surface area contributed by atoms with E-state index < -0.39 is 0 Å². The minimum absolute atomic E-state index is 0.137. The quantitative estimate of drug-likeness (QED) is 0.420. The van der Waals surface area contributed by atoms with Crippen LogP contribution in [0.25, 0.3) is 32.7 Å². The Morgan fingerprint density at radius 3 is 1.88 bits per heavy atom. The Morgan fingerprint density at radius 1 is 0.615 bits per heavy atom. The maximum atomic E-state index is 10.9. The highest BCUT2D eigenvalue weighted by molar-refractivity contribution is 7.66. The number of benzene rings is 4. The molecule has 1 aliphatic heterocycles. The molecule has 4 aromatic carbocycles. The fourth-order valence-corrected chi connectivity index (χ4v) is 7.02. The van der Waals surface area contributed by atoms with Crippen LogP contribution in [0.3, 0.4) is 0 Å². The average Bonchev–Trinajstić information content (AvgIpc) is 3.22. The van der Waals surface area contributed by atoms with Crippen molar-refractivity contribution in [3.63, 3.8) is 0 Å². The molecule has 0 unspecified atom stereocenters. The molecule has 1 fully saturated rings. The van der Waals surface area contributed by atoms with E-state index in [1.807, 2.05) is 12.1 Å². The maximum Gasteiger partial charge on any atom is 0.124 e. The second kappa shape index (κ2) is 6.41. The first kappa shape index (κ1) is 15.9. The molecule has 0 amide bonds. The zero-order valence-electron chi connectivity index (χ0n) is 14.7. The van der Waals surface area contributed by atoms with E-state index >= 15 is 0 Å². The first-order valence-corrected chi connectivity index (χ1v) is 11.0. The maximum absolute atomic E-state index is 10.9. The molecule has 1 aliphatic rings. The van der Waals surface area contributed by atoms with Gasteiger partial charge in [-0.2, -0.15) is 0 Å². The lowest BCUT2D eigenvalue weighted by Gasteiger charge is -2.20. The molecular formula is C24H21OP. The molecule has 0 atom stereocenters. The Morgan fingerprint density at radius 2 is 1.19 bits per heavy atom. The van der Waals surface area contributed by atoms with Gasteiger partial charge in [0.25, 0.3) is 0 Å². The van der Waals surface area contributed by atoms with Crippen LogP contribution in [0.5, 0.6) is 5.75 Å². The minimum Gasteiger partial charge on any atom is -0.507 e. The van der Waals surface area contributed by atoms with Gasteiger partial charge in [0.15, 0.2) is 0 Å². The zero-order valence-corrected chi connectivity index (χ0v) is 15.5. The highest BCUT2D eigenvalue weighted by Crippen LogP contribution is 2.48. The lowest BCUT2D eigenvalue weighted by molar-refractivity contribution is 0.478. The van der Waals surface area contributed by atoms with Crippen LogP contribution in [-0.4, -0.2) is 17.4 Å². The van der Waals surface area contributed by atoms with Gasteiger partial charge in [-0.25, -0.2) is 0 Å². The van der Waals surface area contributed by atoms with Crippen LogP contribution in [0.1, 0.15) is 12.8 Å². The van der Waals surface area contributed by atoms with Crippen molar-refractivity contribution in [1.29, 1.82) is 0 Å². The molecule has 1 heterocycles. The van der Waals surface area contributed by atoms with Gasteiger partial charge in [0, 0.05) is 11.1 Å². The average molecular weight is 356 g/mol. The van der Waals surface area contributed by atoms with Crippen LogP contribution in [0.4, 0.5) is 0 Å². The fourth-order valence-electron chi connectivity index (χ4n) is 4.27. The Kier molecular flexibility index (Phi) is 3.91. The molecule has 0 spiro atoms. The van der Waals surface area contributed by atoms with E-state index in [4.69, 9.17) is 0 Å². The number of rotatable bonds is 2. The van der Waals surface area contributed by atoms with Gasteiger partial charge in [0.2, 0.25) is 0 Å². The van der Waals surface area contributed by atoms with Crippen molar-refractivity contribution in [2.45, 2.75) is 12.8 Å². The molecule has 1 saturated heterocycles. The molecule has 5 rings (SSSR count). The smallest absolute Gasteiger partial charge is 0.124 e. The molecule has 128 valence electrons. The zero-order chi connectivity index (χ0) is 17.5. The van der Waals surface area contributed by atoms with Gasteiger partial charge in [-0.1, -0.05) is 74.7 Å². The highest BCUT2D eigenvalue weighted by atomic mass is 31.1. The van der Waals surface area contributed by atoms with Gasteiger partial charge in [-0.15, -0.1) is 0 Å². The molecule has 0 saturated carbocycles. The van der Waals surface area contributed by atoms with Gasteiger partial charge in [-0.05, 0) is 58.1 Å². The number of fused-ring (bicyclic) bond motifs is 2. The number of aromatic hydroxyl groups is 1. The van der Waals surface area contributed by atoms with Crippen molar-refractivity contribution in [1.82, 2.24) is 0 Å². The second-order valence-corrected chi connectivity index (χ2v) is 9.51. The van der Waals surface area contributed by atoms with Crippen LogP contribution >= 0.6 is 7.92 Å². The summed E-state index contributed by atoms with van der Waals surface area (Å²) in [5.41, 5.74) is 2.26. The Labute approximate surface area is 155 Å². The van der Waals surface area contributed by atoms with Crippen molar-refractivity contribution >= 4 is 34.8 Å². The van der Waals surface area contributed by atoms with E-state index in [2.05, 4.69) is 60.7 Å². The van der Waals surface area contributed by atoms with Gasteiger partial charge in [0.05, 0.1) is 0 Å². The number of hydrogen-bond donors (Lipinski definition) is 1. The summed E-state index contributed by atoms with van der Waals surface area (Å²) in [5, 5.41) is 17.2. The summed E-state index contributed by atoms with van der Waals surface area (Å²) in [6.45, 7) is 0. The summed E-state index contributed by atoms with van der Waals surface area (Å²) < 4.78 is 0. The van der Waals surface area contributed by atoms with Crippen molar-refractivity contribution in [2.24, 2.45) is 0 Å². The van der Waals surface area contributed by atoms with E-state index in [-0.39, 0.29) is 7.92 Å². The van der Waals surface area contributed by atoms with Crippen LogP contribution in [-0.2, 0) is 0 Å². The lowest BCUT2D eigenvalue weighted by atomic mass is 9.93. The molecule has 0 radical (unpaired) electrons. The van der Waals surface area contributed by atoms with E-state index in [0.717, 1.165) is 10.9 Å². The van der Waals surface area contributed by atoms with Crippen LogP contribution in [0.15, 0.2) is 72.8 Å². The third kappa shape index (κ3) is 2.50. The SMILES string of the molecule is Oc1ccc2ccccc2c1-c1c(P2CCCC2)ccc2ccccc12. The third-order valence-electron chi connectivity index (χ3n) is 5.51. The van der Waals surface area contributed by atoms with E-state index in [9.17, 15) is 5.11 Å². The molecule has 2 heteroatoms. The normalized spacial score (nSPS) is 15.1. The molecule has 1 nitrogen and oxygen atoms in total. The number of phenols is 1. The van der Waals surface area contributed by atoms with Crippen LogP contribution in [0, 0.1) is 0 Å². The molecular weight excluding hydrogens is 335 g/mol. The van der Waals surface area contributed by atoms with Crippen LogP contribution in [0.2, 0.25) is 0 Å². The van der Waals surface area contributed by atoms with Gasteiger partial charge in [0.1, 0.15) is 5.75 Å². The molecule has 4 aromatic rings. The van der Waals surface area contributed by atoms with E-state index in [0.29, 0.717) is 5.75 Å². The number of hydrogen-bond acceptors (Lipinski definition) is 1. The first-order valence-electron chi connectivity index (χ1n) is 9.31. The summed E-state index contributed by atoms with van der Waals surface area (Å²) in [5.74, 6) is 0.385. The summed E-state index contributed by atoms with van der Waals surface area (Å²) >= 11 is 0. The monoisotopic (exact) mass is 356 g/mol. The summed E-state index contributed by atoms with van der Waals surface area (Å²) in [7, 11) is -0.137. The Hall–Kier alpha value is -2.37. The standard InChI is InChI=1S/C24H21OP/c25-21-13-11-17-7-1-3-9-19(17)23(21)24-20-10-4-2-8-18(20)12-14-22(24)26-15-5-6-16-26/h1-4,7-14,25H,5-6,15-16H2. The molecule has 0 aromatic heterocycles. The topological polar surface area (TPSA) is 20.2 Å². The minimum atomic E-state index is -0.137. The fraction of sp³-hybridized carbons (Fsp3) is 0.167. The predicted octanol–water partition coefficient (Wildman–Crippen LogP) is 6.27. The molecule has 0 bridgehead atoms. The molecule has 26 heavy (non-hydrogen) atoms. The largest absolute Gasteiger partial charge is 0.507 e.